The first-order chi connectivity index (χ1) is 12.1. The maximum absolute atomic E-state index is 12.6. The molecule has 1 aliphatic carbocycles. The highest BCUT2D eigenvalue weighted by Crippen LogP contribution is 2.40. The van der Waals surface area contributed by atoms with Gasteiger partial charge < -0.3 is 20.5 Å². The number of nitrogens with one attached hydrogen (secondary N) is 1. The van der Waals surface area contributed by atoms with Crippen molar-refractivity contribution < 1.29 is 14.3 Å². The molecule has 4 rings (SSSR count). The highest BCUT2D eigenvalue weighted by molar-refractivity contribution is 7.17. The second-order valence-corrected chi connectivity index (χ2v) is 7.96. The Kier molecular flexibility index (Phi) is 5.46. The van der Waals surface area contributed by atoms with Crippen LogP contribution in [0.25, 0.3) is 10.4 Å². The smallest absolute Gasteiger partial charge is 0.261 e. The molecule has 140 valence electrons. The molecule has 0 bridgehead atoms. The predicted molar refractivity (Wildman–Crippen MR) is 106 cm³/mol. The zero-order valence-electron chi connectivity index (χ0n) is 14.6. The molecule has 0 saturated heterocycles. The first kappa shape index (κ1) is 19.0. The number of amides is 1. The molecule has 2 aliphatic rings. The van der Waals surface area contributed by atoms with Gasteiger partial charge in [-0.3, -0.25) is 4.79 Å². The minimum atomic E-state index is -0.307. The number of carbonyl (C=O) groups excluding carboxylic acids is 1. The summed E-state index contributed by atoms with van der Waals surface area (Å²) in [4.78, 5) is 14.4. The van der Waals surface area contributed by atoms with Crippen molar-refractivity contribution in [1.29, 1.82) is 0 Å². The van der Waals surface area contributed by atoms with Crippen LogP contribution in [0, 0.1) is 5.92 Å². The molecule has 0 radical (unpaired) electrons. The Morgan fingerprint density at radius 3 is 2.65 bits per heavy atom. The SMILES string of the molecule is CC(CN)(NC(=O)c1ccc(-c2ccc3c(c2)OCCO3)s1)C1CC1.Cl. The largest absolute Gasteiger partial charge is 0.486 e. The van der Waals surface area contributed by atoms with Crippen molar-refractivity contribution in [3.05, 3.63) is 35.2 Å². The second kappa shape index (κ2) is 7.47. The number of hydrogen-bond acceptors (Lipinski definition) is 5. The zero-order chi connectivity index (χ0) is 17.4. The van der Waals surface area contributed by atoms with E-state index in [4.69, 9.17) is 15.2 Å². The molecule has 1 aromatic heterocycles. The van der Waals surface area contributed by atoms with Crippen molar-refractivity contribution in [2.24, 2.45) is 11.7 Å². The molecule has 3 N–H and O–H groups in total. The third-order valence-corrected chi connectivity index (χ3v) is 6.09. The van der Waals surface area contributed by atoms with Crippen molar-refractivity contribution in [2.45, 2.75) is 25.3 Å². The van der Waals surface area contributed by atoms with Gasteiger partial charge in [0.25, 0.3) is 5.91 Å². The number of fused-ring (bicyclic) bond motifs is 1. The summed E-state index contributed by atoms with van der Waals surface area (Å²) in [5.41, 5.74) is 6.62. The molecule has 2 heterocycles. The third kappa shape index (κ3) is 3.68. The van der Waals surface area contributed by atoms with E-state index >= 15 is 0 Å². The van der Waals surface area contributed by atoms with Crippen LogP contribution in [0.2, 0.25) is 0 Å². The molecule has 1 atom stereocenters. The monoisotopic (exact) mass is 394 g/mol. The standard InChI is InChI=1S/C19H22N2O3S.ClH/c1-19(11-20,13-3-4-13)21-18(22)17-7-6-16(25-17)12-2-5-14-15(10-12)24-9-8-23-14;/h2,5-7,10,13H,3-4,8-9,11,20H2,1H3,(H,21,22);1H. The lowest BCUT2D eigenvalue weighted by Gasteiger charge is -2.29. The molecule has 5 nitrogen and oxygen atoms in total. The molecular weight excluding hydrogens is 372 g/mol. The van der Waals surface area contributed by atoms with Crippen molar-refractivity contribution >= 4 is 29.7 Å². The van der Waals surface area contributed by atoms with Crippen LogP contribution in [-0.2, 0) is 0 Å². The molecule has 26 heavy (non-hydrogen) atoms. The van der Waals surface area contributed by atoms with Crippen LogP contribution < -0.4 is 20.5 Å². The summed E-state index contributed by atoms with van der Waals surface area (Å²) in [6.45, 7) is 3.64. The molecule has 1 amide bonds. The maximum Gasteiger partial charge on any atom is 0.261 e. The van der Waals surface area contributed by atoms with Crippen LogP contribution in [0.1, 0.15) is 29.4 Å². The van der Waals surface area contributed by atoms with E-state index in [9.17, 15) is 4.79 Å². The van der Waals surface area contributed by atoms with Gasteiger partial charge in [0.2, 0.25) is 0 Å². The highest BCUT2D eigenvalue weighted by atomic mass is 35.5. The van der Waals surface area contributed by atoms with Gasteiger partial charge >= 0.3 is 0 Å². The maximum atomic E-state index is 12.6. The van der Waals surface area contributed by atoms with Gasteiger partial charge in [0.05, 0.1) is 10.4 Å². The van der Waals surface area contributed by atoms with E-state index < -0.39 is 0 Å². The van der Waals surface area contributed by atoms with Gasteiger partial charge in [-0.05, 0) is 61.6 Å². The first-order valence-corrected chi connectivity index (χ1v) is 9.43. The van der Waals surface area contributed by atoms with E-state index in [0.717, 1.165) is 34.8 Å². The van der Waals surface area contributed by atoms with E-state index in [1.165, 1.54) is 11.3 Å². The minimum Gasteiger partial charge on any atom is -0.486 e. The Morgan fingerprint density at radius 1 is 1.23 bits per heavy atom. The minimum absolute atomic E-state index is 0. The van der Waals surface area contributed by atoms with Crippen LogP contribution in [0.4, 0.5) is 0 Å². The van der Waals surface area contributed by atoms with Gasteiger partial charge in [-0.25, -0.2) is 0 Å². The Morgan fingerprint density at radius 2 is 1.96 bits per heavy atom. The zero-order valence-corrected chi connectivity index (χ0v) is 16.3. The van der Waals surface area contributed by atoms with E-state index in [1.54, 1.807) is 0 Å². The molecule has 1 aromatic carbocycles. The van der Waals surface area contributed by atoms with E-state index in [0.29, 0.717) is 30.6 Å². The number of hydrogen-bond donors (Lipinski definition) is 2. The Labute approximate surface area is 163 Å². The summed E-state index contributed by atoms with van der Waals surface area (Å²) < 4.78 is 11.2. The summed E-state index contributed by atoms with van der Waals surface area (Å²) in [5.74, 6) is 1.98. The summed E-state index contributed by atoms with van der Waals surface area (Å²) in [6, 6.07) is 9.73. The van der Waals surface area contributed by atoms with Gasteiger partial charge in [-0.1, -0.05) is 0 Å². The first-order valence-electron chi connectivity index (χ1n) is 8.61. The molecule has 1 unspecified atom stereocenters. The van der Waals surface area contributed by atoms with Gasteiger partial charge in [-0.2, -0.15) is 0 Å². The average molecular weight is 395 g/mol. The molecule has 7 heteroatoms. The topological polar surface area (TPSA) is 73.6 Å². The number of ether oxygens (including phenoxy) is 2. The molecular formula is C19H23ClN2O3S. The quantitative estimate of drug-likeness (QED) is 0.814. The van der Waals surface area contributed by atoms with Gasteiger partial charge in [0.1, 0.15) is 13.2 Å². The predicted octanol–water partition coefficient (Wildman–Crippen LogP) is 3.47. The summed E-state index contributed by atoms with van der Waals surface area (Å²) in [7, 11) is 0. The fraction of sp³-hybridized carbons (Fsp3) is 0.421. The number of benzene rings is 1. The van der Waals surface area contributed by atoms with Crippen LogP contribution in [0.3, 0.4) is 0 Å². The second-order valence-electron chi connectivity index (χ2n) is 6.87. The normalized spacial score (nSPS) is 17.8. The lowest BCUT2D eigenvalue weighted by Crippen LogP contribution is -2.53. The molecule has 0 spiro atoms. The van der Waals surface area contributed by atoms with Crippen LogP contribution in [0.5, 0.6) is 11.5 Å². The molecule has 1 aliphatic heterocycles. The van der Waals surface area contributed by atoms with Crippen molar-refractivity contribution in [3.8, 4) is 21.9 Å². The fourth-order valence-corrected chi connectivity index (χ4v) is 4.07. The lowest BCUT2D eigenvalue weighted by atomic mass is 9.96. The number of nitrogens with two attached hydrogens (primary N) is 1. The summed E-state index contributed by atoms with van der Waals surface area (Å²) >= 11 is 1.48. The Balaban J connectivity index is 0.00000196. The van der Waals surface area contributed by atoms with Gasteiger partial charge in [-0.15, -0.1) is 23.7 Å². The molecule has 2 aromatic rings. The Bertz CT molecular complexity index is 806. The average Bonchev–Trinajstić information content (AvgIpc) is 3.39. The molecule has 1 fully saturated rings. The van der Waals surface area contributed by atoms with Crippen molar-refractivity contribution in [1.82, 2.24) is 5.32 Å². The van der Waals surface area contributed by atoms with E-state index in [1.807, 2.05) is 37.3 Å². The molecule has 1 saturated carbocycles. The number of halogens is 1. The van der Waals surface area contributed by atoms with E-state index in [-0.39, 0.29) is 23.9 Å². The summed E-state index contributed by atoms with van der Waals surface area (Å²) in [6.07, 6.45) is 2.28. The van der Waals surface area contributed by atoms with Crippen LogP contribution in [-0.4, -0.2) is 31.2 Å². The highest BCUT2D eigenvalue weighted by Gasteiger charge is 2.41. The third-order valence-electron chi connectivity index (χ3n) is 4.96. The van der Waals surface area contributed by atoms with Crippen LogP contribution in [0.15, 0.2) is 30.3 Å². The number of carbonyl (C=O) groups is 1. The van der Waals surface area contributed by atoms with Gasteiger partial charge in [0, 0.05) is 11.4 Å². The van der Waals surface area contributed by atoms with E-state index in [2.05, 4.69) is 5.32 Å². The lowest BCUT2D eigenvalue weighted by molar-refractivity contribution is 0.0902. The Hall–Kier alpha value is -1.76. The van der Waals surface area contributed by atoms with Crippen molar-refractivity contribution in [3.63, 3.8) is 0 Å². The van der Waals surface area contributed by atoms with Crippen LogP contribution >= 0.6 is 23.7 Å². The summed E-state index contributed by atoms with van der Waals surface area (Å²) in [5, 5.41) is 3.14. The number of rotatable bonds is 5. The van der Waals surface area contributed by atoms with Crippen molar-refractivity contribution in [2.75, 3.05) is 19.8 Å². The fourth-order valence-electron chi connectivity index (χ4n) is 3.17. The number of thiophene rings is 1. The van der Waals surface area contributed by atoms with Gasteiger partial charge in [0.15, 0.2) is 11.5 Å².